The minimum absolute atomic E-state index is 0.108. The van der Waals surface area contributed by atoms with Crippen molar-refractivity contribution >= 4 is 35.2 Å². The van der Waals surface area contributed by atoms with Crippen LogP contribution in [0.25, 0.3) is 6.08 Å². The highest BCUT2D eigenvalue weighted by molar-refractivity contribution is 6.30. The first-order valence-electron chi connectivity index (χ1n) is 10.6. The van der Waals surface area contributed by atoms with Crippen LogP contribution >= 0.6 is 11.6 Å². The number of anilines is 1. The van der Waals surface area contributed by atoms with Gasteiger partial charge in [0.15, 0.2) is 6.61 Å². The molecule has 3 aromatic carbocycles. The van der Waals surface area contributed by atoms with E-state index in [0.29, 0.717) is 22.0 Å². The molecule has 3 rings (SSSR count). The number of nitriles is 1. The molecule has 0 radical (unpaired) electrons. The normalized spacial score (nSPS) is 10.8. The Balaban J connectivity index is 1.71. The van der Waals surface area contributed by atoms with E-state index in [1.807, 2.05) is 68.4 Å². The molecule has 0 fully saturated rings. The predicted octanol–water partition coefficient (Wildman–Crippen LogP) is 5.20. The van der Waals surface area contributed by atoms with Gasteiger partial charge in [-0.2, -0.15) is 5.26 Å². The molecule has 0 aliphatic heterocycles. The molecule has 34 heavy (non-hydrogen) atoms. The Kier molecular flexibility index (Phi) is 8.44. The van der Waals surface area contributed by atoms with Gasteiger partial charge in [0, 0.05) is 22.8 Å². The standard InChI is InChI=1S/C27H24ClN3O3/c1-18-7-6-10-24(19(18)2)31-26(32)17-34-25-12-11-23(28)14-21(25)13-22(15-29)27(33)30-16-20-8-4-3-5-9-20/h3-14H,16-17H2,1-2H3,(H,30,33)(H,31,32)/b22-13+. The van der Waals surface area contributed by atoms with Crippen LogP contribution in [-0.4, -0.2) is 18.4 Å². The van der Waals surface area contributed by atoms with E-state index in [1.165, 1.54) is 6.08 Å². The maximum absolute atomic E-state index is 12.5. The van der Waals surface area contributed by atoms with Gasteiger partial charge in [0.2, 0.25) is 0 Å². The number of benzene rings is 3. The summed E-state index contributed by atoms with van der Waals surface area (Å²) in [5.41, 5.74) is 3.98. The Morgan fingerprint density at radius 2 is 1.82 bits per heavy atom. The molecule has 0 aliphatic rings. The van der Waals surface area contributed by atoms with Crippen molar-refractivity contribution in [2.24, 2.45) is 0 Å². The average molecular weight is 474 g/mol. The number of nitrogens with zero attached hydrogens (tertiary/aromatic N) is 1. The average Bonchev–Trinajstić information content (AvgIpc) is 2.84. The SMILES string of the molecule is Cc1cccc(NC(=O)COc2ccc(Cl)cc2/C=C(\C#N)C(=O)NCc2ccccc2)c1C. The summed E-state index contributed by atoms with van der Waals surface area (Å²) >= 11 is 6.12. The van der Waals surface area contributed by atoms with Crippen molar-refractivity contribution in [2.75, 3.05) is 11.9 Å². The molecule has 0 spiro atoms. The van der Waals surface area contributed by atoms with Crippen molar-refractivity contribution in [2.45, 2.75) is 20.4 Å². The number of halogens is 1. The molecule has 6 nitrogen and oxygen atoms in total. The summed E-state index contributed by atoms with van der Waals surface area (Å²) < 4.78 is 5.69. The van der Waals surface area contributed by atoms with E-state index < -0.39 is 5.91 Å². The molecular weight excluding hydrogens is 450 g/mol. The summed E-state index contributed by atoms with van der Waals surface area (Å²) in [6.45, 7) is 3.94. The molecule has 0 heterocycles. The molecule has 2 amide bonds. The number of aryl methyl sites for hydroxylation is 1. The second kappa shape index (κ2) is 11.7. The molecule has 0 saturated carbocycles. The van der Waals surface area contributed by atoms with E-state index in [1.54, 1.807) is 18.2 Å². The van der Waals surface area contributed by atoms with Gasteiger partial charge in [0.25, 0.3) is 11.8 Å². The number of amides is 2. The number of nitrogens with one attached hydrogen (secondary N) is 2. The number of hydrogen-bond donors (Lipinski definition) is 2. The van der Waals surface area contributed by atoms with E-state index in [2.05, 4.69) is 10.6 Å². The van der Waals surface area contributed by atoms with Crippen molar-refractivity contribution in [1.29, 1.82) is 5.26 Å². The van der Waals surface area contributed by atoms with Gasteiger partial charge < -0.3 is 15.4 Å². The Morgan fingerprint density at radius 1 is 1.06 bits per heavy atom. The van der Waals surface area contributed by atoms with Crippen molar-refractivity contribution in [3.8, 4) is 11.8 Å². The lowest BCUT2D eigenvalue weighted by Crippen LogP contribution is -2.24. The predicted molar refractivity (Wildman–Crippen MR) is 133 cm³/mol. The molecule has 0 aliphatic carbocycles. The molecule has 172 valence electrons. The van der Waals surface area contributed by atoms with Crippen LogP contribution in [0, 0.1) is 25.2 Å². The molecular formula is C27H24ClN3O3. The largest absolute Gasteiger partial charge is 0.483 e. The van der Waals surface area contributed by atoms with Crippen molar-refractivity contribution in [3.63, 3.8) is 0 Å². The van der Waals surface area contributed by atoms with Crippen LogP contribution in [0.2, 0.25) is 5.02 Å². The molecule has 2 N–H and O–H groups in total. The van der Waals surface area contributed by atoms with Gasteiger partial charge in [0.1, 0.15) is 17.4 Å². The van der Waals surface area contributed by atoms with Crippen LogP contribution in [0.5, 0.6) is 5.75 Å². The Hall–Kier alpha value is -4.08. The van der Waals surface area contributed by atoms with Crippen LogP contribution < -0.4 is 15.4 Å². The fraction of sp³-hybridized carbons (Fsp3) is 0.148. The lowest BCUT2D eigenvalue weighted by Gasteiger charge is -2.13. The number of hydrogen-bond acceptors (Lipinski definition) is 4. The maximum atomic E-state index is 12.5. The van der Waals surface area contributed by atoms with Crippen LogP contribution in [0.4, 0.5) is 5.69 Å². The third-order valence-corrected chi connectivity index (χ3v) is 5.41. The van der Waals surface area contributed by atoms with E-state index >= 15 is 0 Å². The van der Waals surface area contributed by atoms with Gasteiger partial charge in [-0.25, -0.2) is 0 Å². The summed E-state index contributed by atoms with van der Waals surface area (Å²) in [7, 11) is 0. The van der Waals surface area contributed by atoms with E-state index in [4.69, 9.17) is 16.3 Å². The highest BCUT2D eigenvalue weighted by atomic mass is 35.5. The number of ether oxygens (including phenoxy) is 1. The zero-order valence-corrected chi connectivity index (χ0v) is 19.6. The molecule has 7 heteroatoms. The molecule has 0 bridgehead atoms. The van der Waals surface area contributed by atoms with Gasteiger partial charge in [0.05, 0.1) is 0 Å². The third-order valence-electron chi connectivity index (χ3n) is 5.17. The first kappa shape index (κ1) is 24.6. The number of carbonyl (C=O) groups is 2. The molecule has 3 aromatic rings. The van der Waals surface area contributed by atoms with E-state index in [0.717, 1.165) is 16.7 Å². The van der Waals surface area contributed by atoms with Gasteiger partial charge in [-0.15, -0.1) is 0 Å². The third kappa shape index (κ3) is 6.71. The number of rotatable bonds is 8. The number of carbonyl (C=O) groups excluding carboxylic acids is 2. The van der Waals surface area contributed by atoms with Gasteiger partial charge in [-0.05, 0) is 60.9 Å². The van der Waals surface area contributed by atoms with Gasteiger partial charge in [-0.1, -0.05) is 54.1 Å². The first-order valence-corrected chi connectivity index (χ1v) is 11.0. The van der Waals surface area contributed by atoms with E-state index in [9.17, 15) is 14.9 Å². The molecule has 0 unspecified atom stereocenters. The second-order valence-corrected chi connectivity index (χ2v) is 8.04. The highest BCUT2D eigenvalue weighted by Crippen LogP contribution is 2.26. The second-order valence-electron chi connectivity index (χ2n) is 7.60. The Morgan fingerprint density at radius 3 is 2.56 bits per heavy atom. The quantitative estimate of drug-likeness (QED) is 0.347. The highest BCUT2D eigenvalue weighted by Gasteiger charge is 2.13. The Labute approximate surface area is 203 Å². The minimum atomic E-state index is -0.523. The fourth-order valence-corrected chi connectivity index (χ4v) is 3.34. The monoisotopic (exact) mass is 473 g/mol. The van der Waals surface area contributed by atoms with Crippen LogP contribution in [-0.2, 0) is 16.1 Å². The molecule has 0 atom stereocenters. The zero-order chi connectivity index (χ0) is 24.5. The summed E-state index contributed by atoms with van der Waals surface area (Å²) in [6.07, 6.45) is 1.39. The van der Waals surface area contributed by atoms with Crippen LogP contribution in [0.3, 0.4) is 0 Å². The maximum Gasteiger partial charge on any atom is 0.262 e. The van der Waals surface area contributed by atoms with Crippen LogP contribution in [0.15, 0.2) is 72.3 Å². The topological polar surface area (TPSA) is 91.2 Å². The minimum Gasteiger partial charge on any atom is -0.483 e. The van der Waals surface area contributed by atoms with Crippen LogP contribution in [0.1, 0.15) is 22.3 Å². The van der Waals surface area contributed by atoms with Crippen molar-refractivity contribution < 1.29 is 14.3 Å². The summed E-state index contributed by atoms with van der Waals surface area (Å²) in [5, 5.41) is 15.5. The first-order chi connectivity index (χ1) is 16.4. The lowest BCUT2D eigenvalue weighted by molar-refractivity contribution is -0.118. The van der Waals surface area contributed by atoms with Crippen molar-refractivity contribution in [1.82, 2.24) is 5.32 Å². The lowest BCUT2D eigenvalue weighted by atomic mass is 10.1. The Bertz CT molecular complexity index is 1260. The molecule has 0 aromatic heterocycles. The summed E-state index contributed by atoms with van der Waals surface area (Å²) in [4.78, 5) is 25.0. The fourth-order valence-electron chi connectivity index (χ4n) is 3.16. The molecule has 0 saturated heterocycles. The van der Waals surface area contributed by atoms with Gasteiger partial charge >= 0.3 is 0 Å². The van der Waals surface area contributed by atoms with E-state index in [-0.39, 0.29) is 24.6 Å². The summed E-state index contributed by atoms with van der Waals surface area (Å²) in [5.74, 6) is -0.534. The summed E-state index contributed by atoms with van der Waals surface area (Å²) in [6, 6.07) is 21.7. The zero-order valence-electron chi connectivity index (χ0n) is 18.9. The van der Waals surface area contributed by atoms with Gasteiger partial charge in [-0.3, -0.25) is 9.59 Å². The smallest absolute Gasteiger partial charge is 0.262 e. The van der Waals surface area contributed by atoms with Crippen molar-refractivity contribution in [3.05, 3.63) is 99.6 Å².